The van der Waals surface area contributed by atoms with Crippen molar-refractivity contribution in [2.45, 2.75) is 49.3 Å². The molecule has 5 nitrogen and oxygen atoms in total. The first kappa shape index (κ1) is 26.8. The van der Waals surface area contributed by atoms with Crippen LogP contribution in [0.5, 0.6) is 0 Å². The molecular formula is C30H31NO4S2. The van der Waals surface area contributed by atoms with Gasteiger partial charge in [0.1, 0.15) is 0 Å². The fourth-order valence-corrected chi connectivity index (χ4v) is 6.58. The van der Waals surface area contributed by atoms with E-state index in [0.29, 0.717) is 0 Å². The summed E-state index contributed by atoms with van der Waals surface area (Å²) in [5.41, 5.74) is 3.46. The molecule has 0 heterocycles. The second-order valence-corrected chi connectivity index (χ2v) is 12.1. The average Bonchev–Trinajstić information content (AvgIpc) is 2.88. The maximum Gasteiger partial charge on any atom is 0.337 e. The molecular weight excluding hydrogens is 502 g/mol. The molecule has 0 saturated carbocycles. The van der Waals surface area contributed by atoms with Crippen LogP contribution in [0.15, 0.2) is 88.7 Å². The Bertz CT molecular complexity index is 1540. The van der Waals surface area contributed by atoms with Crippen molar-refractivity contribution in [2.24, 2.45) is 0 Å². The molecule has 0 fully saturated rings. The van der Waals surface area contributed by atoms with Crippen LogP contribution in [0.3, 0.4) is 0 Å². The highest BCUT2D eigenvalue weighted by atomic mass is 32.2. The molecule has 0 atom stereocenters. The minimum atomic E-state index is -4.00. The Labute approximate surface area is 223 Å². The van der Waals surface area contributed by atoms with E-state index >= 15 is 0 Å². The molecule has 0 bridgehead atoms. The van der Waals surface area contributed by atoms with Gasteiger partial charge < -0.3 is 5.11 Å². The number of sulfonamides is 1. The van der Waals surface area contributed by atoms with Crippen LogP contribution in [0.2, 0.25) is 0 Å². The zero-order valence-electron chi connectivity index (χ0n) is 21.2. The number of carboxylic acids is 1. The monoisotopic (exact) mass is 533 g/mol. The van der Waals surface area contributed by atoms with Crippen LogP contribution in [-0.2, 0) is 22.9 Å². The maximum atomic E-state index is 13.3. The van der Waals surface area contributed by atoms with Gasteiger partial charge >= 0.3 is 5.97 Å². The molecule has 4 aromatic carbocycles. The van der Waals surface area contributed by atoms with Gasteiger partial charge in [0.2, 0.25) is 0 Å². The fourth-order valence-electron chi connectivity index (χ4n) is 4.26. The van der Waals surface area contributed by atoms with Gasteiger partial charge in [0.25, 0.3) is 10.0 Å². The van der Waals surface area contributed by atoms with Gasteiger partial charge in [-0.05, 0) is 70.5 Å². The van der Waals surface area contributed by atoms with E-state index in [2.05, 4.69) is 35.9 Å². The predicted octanol–water partition coefficient (Wildman–Crippen LogP) is 7.36. The van der Waals surface area contributed by atoms with Crippen LogP contribution >= 0.6 is 11.8 Å². The molecule has 0 unspecified atom stereocenters. The van der Waals surface area contributed by atoms with Crippen LogP contribution in [-0.4, -0.2) is 25.2 Å². The zero-order chi connectivity index (χ0) is 26.6. The molecule has 4 rings (SSSR count). The number of fused-ring (bicyclic) bond motifs is 1. The van der Waals surface area contributed by atoms with Crippen molar-refractivity contribution < 1.29 is 18.3 Å². The van der Waals surface area contributed by atoms with E-state index < -0.39 is 16.0 Å². The molecule has 0 spiro atoms. The lowest BCUT2D eigenvalue weighted by Crippen LogP contribution is -2.16. The maximum absolute atomic E-state index is 13.3. The summed E-state index contributed by atoms with van der Waals surface area (Å²) < 4.78 is 29.1. The van der Waals surface area contributed by atoms with E-state index in [9.17, 15) is 18.3 Å². The molecule has 192 valence electrons. The highest BCUT2D eigenvalue weighted by Gasteiger charge is 2.22. The number of anilines is 1. The number of carboxylic acid groups (broad SMARTS) is 1. The average molecular weight is 534 g/mol. The second-order valence-electron chi connectivity index (χ2n) is 9.28. The standard InChI is InChI=1S/C30H31NO4S2/c1-4-21-8-7-9-22(16-21)14-15-36-29-19-27(30(32)33)28(18-26(29)20(2)3)31-37(34,35)25-13-12-23-10-5-6-11-24(23)17-25/h5-13,16-20,31H,4,14-15H2,1-3H3,(H,32,33). The Balaban J connectivity index is 1.62. The lowest BCUT2D eigenvalue weighted by Gasteiger charge is -2.18. The van der Waals surface area contributed by atoms with E-state index in [1.54, 1.807) is 36.0 Å². The first-order valence-corrected chi connectivity index (χ1v) is 14.8. The number of hydrogen-bond donors (Lipinski definition) is 2. The van der Waals surface area contributed by atoms with Crippen molar-refractivity contribution >= 4 is 44.2 Å². The summed E-state index contributed by atoms with van der Waals surface area (Å²) in [7, 11) is -4.00. The number of benzene rings is 4. The summed E-state index contributed by atoms with van der Waals surface area (Å²) in [6.07, 6.45) is 1.84. The third-order valence-corrected chi connectivity index (χ3v) is 8.76. The quantitative estimate of drug-likeness (QED) is 0.208. The van der Waals surface area contributed by atoms with Gasteiger partial charge in [0.15, 0.2) is 0 Å². The van der Waals surface area contributed by atoms with Gasteiger partial charge in [-0.1, -0.05) is 75.4 Å². The molecule has 2 N–H and O–H groups in total. The predicted molar refractivity (Wildman–Crippen MR) is 152 cm³/mol. The van der Waals surface area contributed by atoms with Gasteiger partial charge in [0.05, 0.1) is 16.1 Å². The molecule has 0 aliphatic carbocycles. The van der Waals surface area contributed by atoms with Gasteiger partial charge in [-0.3, -0.25) is 4.72 Å². The molecule has 0 saturated heterocycles. The Hall–Kier alpha value is -3.29. The SMILES string of the molecule is CCc1cccc(CCSc2cc(C(=O)O)c(NS(=O)(=O)c3ccc4ccccc4c3)cc2C(C)C)c1. The number of hydrogen-bond acceptors (Lipinski definition) is 4. The zero-order valence-corrected chi connectivity index (χ0v) is 22.8. The summed E-state index contributed by atoms with van der Waals surface area (Å²) in [5, 5.41) is 11.7. The van der Waals surface area contributed by atoms with Crippen molar-refractivity contribution in [3.63, 3.8) is 0 Å². The molecule has 0 aliphatic rings. The van der Waals surface area contributed by atoms with Crippen molar-refractivity contribution in [1.82, 2.24) is 0 Å². The molecule has 7 heteroatoms. The lowest BCUT2D eigenvalue weighted by molar-refractivity contribution is 0.0697. The summed E-state index contributed by atoms with van der Waals surface area (Å²) in [6.45, 7) is 6.17. The van der Waals surface area contributed by atoms with Crippen LogP contribution < -0.4 is 4.72 Å². The number of carbonyl (C=O) groups is 1. The molecule has 37 heavy (non-hydrogen) atoms. The largest absolute Gasteiger partial charge is 0.478 e. The van der Waals surface area contributed by atoms with Gasteiger partial charge in [-0.25, -0.2) is 13.2 Å². The first-order chi connectivity index (χ1) is 17.7. The Kier molecular flexibility index (Phi) is 8.25. The van der Waals surface area contributed by atoms with Gasteiger partial charge in [0, 0.05) is 10.6 Å². The minimum Gasteiger partial charge on any atom is -0.478 e. The smallest absolute Gasteiger partial charge is 0.337 e. The first-order valence-electron chi connectivity index (χ1n) is 12.3. The highest BCUT2D eigenvalue weighted by molar-refractivity contribution is 7.99. The summed E-state index contributed by atoms with van der Waals surface area (Å²) >= 11 is 1.60. The summed E-state index contributed by atoms with van der Waals surface area (Å²) in [6, 6.07) is 24.1. The van der Waals surface area contributed by atoms with Crippen LogP contribution in [0.4, 0.5) is 5.69 Å². The summed E-state index contributed by atoms with van der Waals surface area (Å²) in [5.74, 6) is -0.310. The van der Waals surface area contributed by atoms with Gasteiger partial charge in [-0.2, -0.15) is 0 Å². The van der Waals surface area contributed by atoms with Gasteiger partial charge in [-0.15, -0.1) is 11.8 Å². The van der Waals surface area contributed by atoms with E-state index in [1.165, 1.54) is 17.2 Å². The van der Waals surface area contributed by atoms with E-state index in [0.717, 1.165) is 39.8 Å². The highest BCUT2D eigenvalue weighted by Crippen LogP contribution is 2.35. The van der Waals surface area contributed by atoms with Crippen LogP contribution in [0.1, 0.15) is 53.7 Å². The van der Waals surface area contributed by atoms with Crippen LogP contribution in [0, 0.1) is 0 Å². The minimum absolute atomic E-state index is 0.0655. The second kappa shape index (κ2) is 11.4. The van der Waals surface area contributed by atoms with E-state index in [1.807, 2.05) is 38.1 Å². The normalized spacial score (nSPS) is 11.7. The molecule has 0 aromatic heterocycles. The van der Waals surface area contributed by atoms with Crippen molar-refractivity contribution in [1.29, 1.82) is 0 Å². The number of nitrogens with one attached hydrogen (secondary N) is 1. The number of rotatable bonds is 10. The van der Waals surface area contributed by atoms with E-state index in [4.69, 9.17) is 0 Å². The third kappa shape index (κ3) is 6.35. The summed E-state index contributed by atoms with van der Waals surface area (Å²) in [4.78, 5) is 13.1. The number of aryl methyl sites for hydroxylation is 2. The molecule has 0 aliphatic heterocycles. The van der Waals surface area contributed by atoms with Crippen molar-refractivity contribution in [3.8, 4) is 0 Å². The number of thioether (sulfide) groups is 1. The van der Waals surface area contributed by atoms with Crippen molar-refractivity contribution in [2.75, 3.05) is 10.5 Å². The topological polar surface area (TPSA) is 83.5 Å². The third-order valence-electron chi connectivity index (χ3n) is 6.33. The Morgan fingerprint density at radius 2 is 1.65 bits per heavy atom. The van der Waals surface area contributed by atoms with E-state index in [-0.39, 0.29) is 22.1 Å². The Morgan fingerprint density at radius 3 is 2.35 bits per heavy atom. The number of aromatic carboxylic acids is 1. The molecule has 0 amide bonds. The Morgan fingerprint density at radius 1 is 0.919 bits per heavy atom. The lowest BCUT2D eigenvalue weighted by atomic mass is 10.00. The van der Waals surface area contributed by atoms with Crippen LogP contribution in [0.25, 0.3) is 10.8 Å². The fraction of sp³-hybridized carbons (Fsp3) is 0.233. The van der Waals surface area contributed by atoms with Crippen molar-refractivity contribution in [3.05, 3.63) is 101 Å². The molecule has 0 radical (unpaired) electrons. The molecule has 4 aromatic rings.